The van der Waals surface area contributed by atoms with Crippen molar-refractivity contribution in [1.29, 1.82) is 0 Å². The maximum absolute atomic E-state index is 14.4. The summed E-state index contributed by atoms with van der Waals surface area (Å²) in [6, 6.07) is 107. The molecule has 21 aromatic rings. The van der Waals surface area contributed by atoms with Crippen molar-refractivity contribution in [3.8, 4) is 33.8 Å². The van der Waals surface area contributed by atoms with Gasteiger partial charge in [-0.3, -0.25) is 49.9 Å². The number of benzene rings is 9. The molecular weight excluding hydrogens is 1780 g/mol. The Morgan fingerprint density at radius 3 is 1.06 bits per heavy atom. The summed E-state index contributed by atoms with van der Waals surface area (Å²) in [5.41, 5.74) is 31.0. The predicted octanol–water partition coefficient (Wildman–Crippen LogP) is 28.5. The van der Waals surface area contributed by atoms with Gasteiger partial charge < -0.3 is 18.1 Å². The Morgan fingerprint density at radius 1 is 0.301 bits per heavy atom. The lowest BCUT2D eigenvalue weighted by molar-refractivity contribution is 0.552. The second kappa shape index (κ2) is 46.0. The Hall–Kier alpha value is -16.6. The number of hydrogen-bond acceptors (Lipinski definition) is 15. The highest BCUT2D eigenvalue weighted by atomic mass is 32.1. The number of thiophene rings is 1. The summed E-state index contributed by atoms with van der Waals surface area (Å²) in [5, 5.41) is 11.3. The number of rotatable bonds is 24. The third kappa shape index (κ3) is 24.8. The lowest BCUT2D eigenvalue weighted by Crippen LogP contribution is -2.01. The van der Waals surface area contributed by atoms with Crippen LogP contribution in [0.25, 0.3) is 116 Å². The van der Waals surface area contributed by atoms with Gasteiger partial charge in [0, 0.05) is 207 Å². The zero-order valence-corrected chi connectivity index (χ0v) is 82.1. The molecule has 12 aromatic heterocycles. The summed E-state index contributed by atoms with van der Waals surface area (Å²) in [6.07, 6.45) is 31.6. The van der Waals surface area contributed by atoms with Crippen molar-refractivity contribution in [3.63, 3.8) is 0 Å². The number of nitrogens with zero attached hydrogens (tertiary/aromatic N) is 16. The van der Waals surface area contributed by atoms with Crippen molar-refractivity contribution in [2.75, 3.05) is 0 Å². The Kier molecular flexibility index (Phi) is 30.6. The topological polar surface area (TPSA) is 194 Å². The van der Waals surface area contributed by atoms with Gasteiger partial charge in [-0.25, -0.2) is 19.3 Å². The third-order valence-electron chi connectivity index (χ3n) is 25.9. The smallest absolute Gasteiger partial charge is 0.151 e. The second-order valence-corrected chi connectivity index (χ2v) is 37.0. The molecule has 0 saturated carbocycles. The Morgan fingerprint density at radius 2 is 0.657 bits per heavy atom. The fraction of sp³-hybridized carbons (Fsp3) is 0.169. The number of hydrogen-bond donors (Lipinski definition) is 0. The Labute approximate surface area is 837 Å². The number of imidazole rings is 3. The highest BCUT2D eigenvalue weighted by molar-refractivity contribution is 7.08. The van der Waals surface area contributed by atoms with E-state index in [0.29, 0.717) is 16.8 Å². The molecule has 0 fully saturated rings. The zero-order chi connectivity index (χ0) is 97.6. The fourth-order valence-corrected chi connectivity index (χ4v) is 18.6. The van der Waals surface area contributed by atoms with Crippen LogP contribution in [0, 0.1) is 26.6 Å². The third-order valence-corrected chi connectivity index (χ3v) is 26.6. The van der Waals surface area contributed by atoms with Gasteiger partial charge in [0.05, 0.1) is 67.8 Å². The van der Waals surface area contributed by atoms with E-state index in [1.165, 1.54) is 71.9 Å². The van der Waals surface area contributed by atoms with E-state index < -0.39 is 0 Å². The zero-order valence-electron chi connectivity index (χ0n) is 81.3. The SMILES string of the molecule is C1=C(c2ccco2)N=C(CCc2ccc3ccccc3n2)C1.C1=C(c2ccncc2)N=C(CCc2ccc3ccccc3n2)C1.C1=C(c2ccsc2)N=C(CCc2ccc3ccccc3n2)C1.Cc1cccc(-c2cn(C)c(CCc3ccc4ccccc4n3)n2)c1.Cc1cccc(-c2cn(C)c(CCc3ccc4ccccc4n3)n2)c1F.Cc1ccccc1-c1cn(C)c(CCc2ccc3ccccc3n2)n1. The first-order valence-electron chi connectivity index (χ1n) is 49.0. The maximum Gasteiger partial charge on any atom is 0.151 e. The Balaban J connectivity index is 0.000000109. The van der Waals surface area contributed by atoms with Crippen LogP contribution in [-0.4, -0.2) is 80.7 Å². The lowest BCUT2D eigenvalue weighted by Gasteiger charge is -2.03. The van der Waals surface area contributed by atoms with Gasteiger partial charge in [-0.2, -0.15) is 11.3 Å². The normalized spacial score (nSPS) is 12.5. The van der Waals surface area contributed by atoms with Gasteiger partial charge >= 0.3 is 0 Å². The molecule has 0 spiro atoms. The average Bonchev–Trinajstić information content (AvgIpc) is 1.71. The molecule has 3 aliphatic heterocycles. The van der Waals surface area contributed by atoms with Gasteiger partial charge in [0.1, 0.15) is 29.0 Å². The van der Waals surface area contributed by atoms with Crippen molar-refractivity contribution in [3.05, 3.63) is 473 Å². The molecule has 0 bridgehead atoms. The summed E-state index contributed by atoms with van der Waals surface area (Å²) in [7, 11) is 6.08. The van der Waals surface area contributed by atoms with Crippen LogP contribution in [0.15, 0.2) is 401 Å². The molecular formula is C124H111FN16OS. The van der Waals surface area contributed by atoms with Crippen molar-refractivity contribution >= 4 is 111 Å². The van der Waals surface area contributed by atoms with E-state index in [4.69, 9.17) is 54.3 Å². The minimum atomic E-state index is -0.201. The number of halogens is 1. The summed E-state index contributed by atoms with van der Waals surface area (Å²) in [5.74, 6) is 3.75. The molecule has 17 nitrogen and oxygen atoms in total. The molecule has 0 amide bonds. The molecule has 19 heteroatoms. The molecule has 15 heterocycles. The summed E-state index contributed by atoms with van der Waals surface area (Å²) < 4.78 is 26.0. The van der Waals surface area contributed by atoms with Gasteiger partial charge in [0.15, 0.2) is 5.76 Å². The number of para-hydroxylation sites is 6. The average molecular weight is 1890 g/mol. The van der Waals surface area contributed by atoms with Crippen LogP contribution in [0.4, 0.5) is 4.39 Å². The molecule has 0 aliphatic carbocycles. The van der Waals surface area contributed by atoms with Gasteiger partial charge in [-0.1, -0.05) is 218 Å². The molecule has 0 atom stereocenters. The van der Waals surface area contributed by atoms with E-state index in [1.54, 1.807) is 36.7 Å². The van der Waals surface area contributed by atoms with E-state index >= 15 is 0 Å². The first-order valence-corrected chi connectivity index (χ1v) is 49.9. The minimum absolute atomic E-state index is 0.201. The maximum atomic E-state index is 14.4. The highest BCUT2D eigenvalue weighted by Gasteiger charge is 2.20. The molecule has 143 heavy (non-hydrogen) atoms. The number of aromatic nitrogens is 13. The lowest BCUT2D eigenvalue weighted by atomic mass is 10.1. The first-order chi connectivity index (χ1) is 70.2. The molecule has 706 valence electrons. The molecule has 0 radical (unpaired) electrons. The largest absolute Gasteiger partial charge is 0.463 e. The van der Waals surface area contributed by atoms with E-state index in [9.17, 15) is 4.39 Å². The highest BCUT2D eigenvalue weighted by Crippen LogP contribution is 2.33. The van der Waals surface area contributed by atoms with Crippen LogP contribution in [0.3, 0.4) is 0 Å². The first kappa shape index (κ1) is 95.3. The molecule has 24 rings (SSSR count). The molecule has 0 unspecified atom stereocenters. The van der Waals surface area contributed by atoms with Gasteiger partial charge in [0.25, 0.3) is 0 Å². The number of allylic oxidation sites excluding steroid dienone is 3. The monoisotopic (exact) mass is 1890 g/mol. The van der Waals surface area contributed by atoms with Gasteiger partial charge in [-0.05, 0) is 216 Å². The van der Waals surface area contributed by atoms with Crippen molar-refractivity contribution in [1.82, 2.24) is 63.5 Å². The molecule has 3 aliphatic rings. The quantitative estimate of drug-likeness (QED) is 0.0559. The van der Waals surface area contributed by atoms with Crippen LogP contribution in [0.5, 0.6) is 0 Å². The fourth-order valence-electron chi connectivity index (χ4n) is 17.9. The number of pyridine rings is 7. The summed E-state index contributed by atoms with van der Waals surface area (Å²) in [6.45, 7) is 6.01. The van der Waals surface area contributed by atoms with Crippen LogP contribution in [0.1, 0.15) is 124 Å². The van der Waals surface area contributed by atoms with E-state index in [2.05, 4.69) is 294 Å². The summed E-state index contributed by atoms with van der Waals surface area (Å²) >= 11 is 1.72. The summed E-state index contributed by atoms with van der Waals surface area (Å²) in [4.78, 5) is 61.0. The second-order valence-electron chi connectivity index (χ2n) is 36.2. The van der Waals surface area contributed by atoms with Crippen LogP contribution >= 0.6 is 11.3 Å². The number of furan rings is 1. The van der Waals surface area contributed by atoms with Crippen molar-refractivity contribution < 1.29 is 8.81 Å². The van der Waals surface area contributed by atoms with Gasteiger partial charge in [0.2, 0.25) is 0 Å². The molecule has 0 N–H and O–H groups in total. The van der Waals surface area contributed by atoms with E-state index in [1.807, 2.05) is 133 Å². The number of aryl methyl sites for hydroxylation is 15. The van der Waals surface area contributed by atoms with Crippen LogP contribution < -0.4 is 0 Å². The standard InChI is InChI=1S/C22H20FN3.2C22H21N3.C20H17N3.C19H16N2O.C19H16N2S/c1-15-6-5-8-18(22(15)23)20-14-26(2)21(25-20)13-12-17-11-10-16-7-3-4-9-19(16)24-17;1-16-7-3-5-9-19(16)21-15-25(2)22(24-21)14-13-18-12-11-17-8-4-6-10-20(17)23-18;1-16-6-5-8-18(14-16)21-15-25(2)22(24-21)13-12-19-11-10-17-7-3-4-9-20(17)23-19;1-2-4-19-15(3-1)5-6-17(22-19)7-8-18-9-10-20(23-18)16-11-13-21-14-12-16;1-2-5-17-14(4-1)7-8-15(20-17)9-10-16-11-12-18(21-16)19-6-3-13-22-19;1-2-4-18-14(3-1)5-6-16(20-18)7-8-17-9-10-19(21-17)15-11-12-22-13-15/h3-11,14H,12-13H2,1-2H3;3-12,15H,13-14H2,1-2H3;3-11,14-15H,12-13H2,1-2H3;1-6,10-14H,7-9H2;1-8,12-13H,9-11H2;1-6,10-13H,7-9H2. The number of aliphatic imine (C=N–C) groups is 3. The van der Waals surface area contributed by atoms with Crippen molar-refractivity contribution in [2.24, 2.45) is 36.1 Å². The van der Waals surface area contributed by atoms with E-state index in [-0.39, 0.29) is 5.82 Å². The van der Waals surface area contributed by atoms with E-state index in [0.717, 1.165) is 226 Å². The number of fused-ring (bicyclic) bond motifs is 6. The molecule has 9 aromatic carbocycles. The predicted molar refractivity (Wildman–Crippen MR) is 585 cm³/mol. The molecule has 0 saturated heterocycles. The van der Waals surface area contributed by atoms with Crippen LogP contribution in [-0.2, 0) is 78.9 Å². The van der Waals surface area contributed by atoms with Crippen molar-refractivity contribution in [2.45, 2.75) is 117 Å². The van der Waals surface area contributed by atoms with Gasteiger partial charge in [-0.15, -0.1) is 0 Å². The minimum Gasteiger partial charge on any atom is -0.463 e. The Bertz CT molecular complexity index is 8100. The van der Waals surface area contributed by atoms with Crippen LogP contribution in [0.2, 0.25) is 0 Å².